The van der Waals surface area contributed by atoms with Gasteiger partial charge in [0.2, 0.25) is 5.88 Å². The number of thiazole rings is 1. The van der Waals surface area contributed by atoms with Gasteiger partial charge in [0.25, 0.3) is 11.8 Å². The molecule has 5 rings (SSSR count). The average Bonchev–Trinajstić information content (AvgIpc) is 3.40. The van der Waals surface area contributed by atoms with Crippen LogP contribution >= 0.6 is 11.3 Å². The zero-order chi connectivity index (χ0) is 31.4. The Morgan fingerprint density at radius 1 is 1.07 bits per heavy atom. The summed E-state index contributed by atoms with van der Waals surface area (Å²) in [6.07, 6.45) is 0.563. The average molecular weight is 622 g/mol. The maximum atomic E-state index is 14.9. The lowest BCUT2D eigenvalue weighted by Crippen LogP contribution is -2.31. The molecular formula is C29H28FN7O6S. The van der Waals surface area contributed by atoms with Gasteiger partial charge in [0.15, 0.2) is 5.82 Å². The largest absolute Gasteiger partial charge is 0.480 e. The molecule has 4 aromatic heterocycles. The molecule has 4 heterocycles. The van der Waals surface area contributed by atoms with Gasteiger partial charge < -0.3 is 24.6 Å². The molecule has 2 atom stereocenters. The number of carbonyl (C=O) groups excluding carboxylic acids is 2. The molecule has 0 fully saturated rings. The third-order valence-corrected chi connectivity index (χ3v) is 7.08. The second-order valence-electron chi connectivity index (χ2n) is 9.85. The van der Waals surface area contributed by atoms with E-state index in [1.165, 1.54) is 49.0 Å². The number of aliphatic hydroxyl groups excluding tert-OH is 1. The highest BCUT2D eigenvalue weighted by atomic mass is 32.1. The maximum absolute atomic E-state index is 14.9. The van der Waals surface area contributed by atoms with Crippen molar-refractivity contribution in [1.29, 1.82) is 0 Å². The van der Waals surface area contributed by atoms with E-state index < -0.39 is 30.0 Å². The Hall–Kier alpha value is -5.02. The van der Waals surface area contributed by atoms with Gasteiger partial charge in [-0.2, -0.15) is 4.98 Å². The lowest BCUT2D eigenvalue weighted by Gasteiger charge is -2.15. The van der Waals surface area contributed by atoms with Crippen LogP contribution in [0.5, 0.6) is 11.8 Å². The quantitative estimate of drug-likeness (QED) is 0.203. The fourth-order valence-electron chi connectivity index (χ4n) is 4.04. The van der Waals surface area contributed by atoms with Crippen molar-refractivity contribution in [3.05, 3.63) is 59.8 Å². The summed E-state index contributed by atoms with van der Waals surface area (Å²) in [5, 5.41) is 14.9. The number of aromatic nitrogens is 5. The van der Waals surface area contributed by atoms with Crippen molar-refractivity contribution in [1.82, 2.24) is 30.2 Å². The highest BCUT2D eigenvalue weighted by Crippen LogP contribution is 2.35. The summed E-state index contributed by atoms with van der Waals surface area (Å²) in [6, 6.07) is 7.96. The van der Waals surface area contributed by atoms with Gasteiger partial charge in [-0.3, -0.25) is 10.1 Å². The Kier molecular flexibility index (Phi) is 9.06. The zero-order valence-electron chi connectivity index (χ0n) is 24.1. The first-order valence-corrected chi connectivity index (χ1v) is 14.2. The van der Waals surface area contributed by atoms with Crippen LogP contribution in [0.4, 0.5) is 14.9 Å². The molecule has 0 aliphatic heterocycles. The van der Waals surface area contributed by atoms with Crippen molar-refractivity contribution in [2.24, 2.45) is 0 Å². The van der Waals surface area contributed by atoms with Gasteiger partial charge in [0.1, 0.15) is 33.8 Å². The lowest BCUT2D eigenvalue weighted by atomic mass is 10.1. The number of fused-ring (bicyclic) bond motifs is 2. The number of anilines is 1. The van der Waals surface area contributed by atoms with E-state index in [-0.39, 0.29) is 24.7 Å². The fraction of sp³-hybridized carbons (Fsp3) is 0.276. The summed E-state index contributed by atoms with van der Waals surface area (Å²) in [5.74, 6) is -1.04. The van der Waals surface area contributed by atoms with Crippen LogP contribution in [0, 0.1) is 12.7 Å². The van der Waals surface area contributed by atoms with Crippen LogP contribution in [-0.4, -0.2) is 74.5 Å². The number of halogens is 1. The van der Waals surface area contributed by atoms with Crippen LogP contribution < -0.4 is 20.1 Å². The highest BCUT2D eigenvalue weighted by molar-refractivity contribution is 7.21. The van der Waals surface area contributed by atoms with Crippen LogP contribution in [0.1, 0.15) is 29.9 Å². The Labute approximate surface area is 254 Å². The molecule has 0 radical (unpaired) electrons. The van der Waals surface area contributed by atoms with Crippen molar-refractivity contribution >= 4 is 50.4 Å². The van der Waals surface area contributed by atoms with E-state index in [1.54, 1.807) is 13.8 Å². The topological polar surface area (TPSA) is 171 Å². The van der Waals surface area contributed by atoms with Crippen molar-refractivity contribution in [3.63, 3.8) is 0 Å². The maximum Gasteiger partial charge on any atom is 0.412 e. The van der Waals surface area contributed by atoms with Crippen LogP contribution in [0.25, 0.3) is 32.0 Å². The van der Waals surface area contributed by atoms with Gasteiger partial charge in [0, 0.05) is 18.2 Å². The lowest BCUT2D eigenvalue weighted by molar-refractivity contribution is 0.0827. The number of hydrogen-bond acceptors (Lipinski definition) is 12. The van der Waals surface area contributed by atoms with Gasteiger partial charge in [-0.05, 0) is 50.6 Å². The summed E-state index contributed by atoms with van der Waals surface area (Å²) in [4.78, 5) is 46.6. The number of nitrogens with zero attached hydrogens (tertiary/aromatic N) is 5. The number of aliphatic hydroxyl groups is 1. The molecule has 0 aliphatic carbocycles. The van der Waals surface area contributed by atoms with E-state index in [4.69, 9.17) is 14.2 Å². The molecule has 0 bridgehead atoms. The Morgan fingerprint density at radius 3 is 2.61 bits per heavy atom. The predicted octanol–water partition coefficient (Wildman–Crippen LogP) is 4.28. The summed E-state index contributed by atoms with van der Waals surface area (Å²) < 4.78 is 30.9. The fourth-order valence-corrected chi connectivity index (χ4v) is 4.97. The molecule has 3 N–H and O–H groups in total. The normalized spacial score (nSPS) is 12.5. The minimum absolute atomic E-state index is 0.0854. The second kappa shape index (κ2) is 13.1. The van der Waals surface area contributed by atoms with E-state index in [9.17, 15) is 19.1 Å². The Balaban J connectivity index is 1.21. The van der Waals surface area contributed by atoms with E-state index in [0.29, 0.717) is 38.0 Å². The summed E-state index contributed by atoms with van der Waals surface area (Å²) in [5.41, 5.74) is 3.72. The molecule has 1 aromatic carbocycles. The molecule has 15 heteroatoms. The number of pyridine rings is 2. The number of nitrogens with one attached hydrogen (secondary N) is 2. The van der Waals surface area contributed by atoms with E-state index in [0.717, 1.165) is 11.1 Å². The standard InChI is InChI=1S/C29H28FN7O6S/c1-14-7-18(24-21(8-14)35-23(41-4)12-32-24)27-36-22-9-19(30)26(37-28(22)44-27)42-13-16(3)43-29(40)34-17-5-6-20(31-11-17)25(39)33-10-15(2)38/h5-9,11-12,15-16,38H,10,13H2,1-4H3,(H,33,39)(H,34,40)/t15-,16+/m0/s1. The minimum atomic E-state index is -0.795. The summed E-state index contributed by atoms with van der Waals surface area (Å²) in [6.45, 7) is 4.97. The second-order valence-corrected chi connectivity index (χ2v) is 10.8. The van der Waals surface area contributed by atoms with Crippen LogP contribution in [0.3, 0.4) is 0 Å². The number of ether oxygens (including phenoxy) is 3. The molecule has 2 amide bonds. The monoisotopic (exact) mass is 621 g/mol. The van der Waals surface area contributed by atoms with Crippen LogP contribution in [0.15, 0.2) is 42.7 Å². The van der Waals surface area contributed by atoms with Crippen molar-refractivity contribution < 1.29 is 33.3 Å². The van der Waals surface area contributed by atoms with Crippen molar-refractivity contribution in [2.75, 3.05) is 25.6 Å². The van der Waals surface area contributed by atoms with E-state index in [1.807, 2.05) is 19.1 Å². The molecule has 228 valence electrons. The molecule has 0 unspecified atom stereocenters. The van der Waals surface area contributed by atoms with Crippen LogP contribution in [-0.2, 0) is 4.74 Å². The molecule has 0 saturated heterocycles. The van der Waals surface area contributed by atoms with Gasteiger partial charge in [-0.15, -0.1) is 0 Å². The SMILES string of the molecule is COc1cnc2c(-c3nc4cc(F)c(OC[C@@H](C)OC(=O)Nc5ccc(C(=O)NC[C@H](C)O)nc5)nc4s3)cc(C)cc2n1. The van der Waals surface area contributed by atoms with Gasteiger partial charge >= 0.3 is 6.09 Å². The van der Waals surface area contributed by atoms with Gasteiger partial charge in [-0.25, -0.2) is 29.1 Å². The zero-order valence-corrected chi connectivity index (χ0v) is 24.9. The number of rotatable bonds is 10. The molecule has 13 nitrogen and oxygen atoms in total. The van der Waals surface area contributed by atoms with Gasteiger partial charge in [-0.1, -0.05) is 11.3 Å². The van der Waals surface area contributed by atoms with Crippen LogP contribution in [0.2, 0.25) is 0 Å². The summed E-state index contributed by atoms with van der Waals surface area (Å²) in [7, 11) is 1.52. The molecular weight excluding hydrogens is 593 g/mol. The molecule has 0 spiro atoms. The molecule has 5 aromatic rings. The van der Waals surface area contributed by atoms with E-state index in [2.05, 4.69) is 35.6 Å². The third-order valence-electron chi connectivity index (χ3n) is 6.08. The number of carbonyl (C=O) groups is 2. The van der Waals surface area contributed by atoms with Gasteiger partial charge in [0.05, 0.1) is 42.3 Å². The number of amides is 2. The first-order chi connectivity index (χ1) is 21.1. The Bertz CT molecular complexity index is 1830. The number of methoxy groups -OCH3 is 1. The number of aryl methyl sites for hydroxylation is 1. The molecule has 0 aliphatic rings. The predicted molar refractivity (Wildman–Crippen MR) is 161 cm³/mol. The summed E-state index contributed by atoms with van der Waals surface area (Å²) >= 11 is 1.25. The first kappa shape index (κ1) is 30.4. The number of hydrogen-bond donors (Lipinski definition) is 3. The molecule has 0 saturated carbocycles. The smallest absolute Gasteiger partial charge is 0.412 e. The number of benzene rings is 1. The molecule has 44 heavy (non-hydrogen) atoms. The third kappa shape index (κ3) is 7.12. The van der Waals surface area contributed by atoms with Crippen molar-refractivity contribution in [3.8, 4) is 22.3 Å². The highest BCUT2D eigenvalue weighted by Gasteiger charge is 2.18. The van der Waals surface area contributed by atoms with E-state index >= 15 is 0 Å². The van der Waals surface area contributed by atoms with Crippen molar-refractivity contribution in [2.45, 2.75) is 33.0 Å². The Morgan fingerprint density at radius 2 is 1.89 bits per heavy atom. The first-order valence-electron chi connectivity index (χ1n) is 13.4. The minimum Gasteiger partial charge on any atom is -0.480 e.